The van der Waals surface area contributed by atoms with Gasteiger partial charge in [0.2, 0.25) is 5.91 Å². The van der Waals surface area contributed by atoms with Crippen LogP contribution in [0.5, 0.6) is 5.75 Å². The predicted octanol–water partition coefficient (Wildman–Crippen LogP) is 6.84. The Morgan fingerprint density at radius 3 is 2.12 bits per heavy atom. The second-order valence-electron chi connectivity index (χ2n) is 11.3. The van der Waals surface area contributed by atoms with E-state index in [1.807, 2.05) is 23.9 Å². The molecule has 4 nitrogen and oxygen atoms in total. The van der Waals surface area contributed by atoms with Crippen LogP contribution in [0.3, 0.4) is 0 Å². The molecule has 1 aliphatic rings. The van der Waals surface area contributed by atoms with Gasteiger partial charge in [0.25, 0.3) is 0 Å². The monoisotopic (exact) mass is 500 g/mol. The molecule has 2 unspecified atom stereocenters. The van der Waals surface area contributed by atoms with Gasteiger partial charge in [-0.3, -0.25) is 9.78 Å². The summed E-state index contributed by atoms with van der Waals surface area (Å²) in [6.07, 6.45) is 8.27. The highest BCUT2D eigenvalue weighted by molar-refractivity contribution is 8.04. The van der Waals surface area contributed by atoms with Crippen LogP contribution in [-0.2, 0) is 22.2 Å². The van der Waals surface area contributed by atoms with Gasteiger partial charge < -0.3 is 10.4 Å². The second kappa shape index (κ2) is 11.4. The third-order valence-electron chi connectivity index (χ3n) is 6.30. The van der Waals surface area contributed by atoms with Gasteiger partial charge in [0.05, 0.1) is 5.75 Å². The zero-order valence-corrected chi connectivity index (χ0v) is 23.1. The number of aromatic hydroxyl groups is 1. The lowest BCUT2D eigenvalue weighted by molar-refractivity contribution is -0.118. The van der Waals surface area contributed by atoms with Crippen LogP contribution in [0.25, 0.3) is 0 Å². The van der Waals surface area contributed by atoms with E-state index in [2.05, 4.69) is 64.0 Å². The van der Waals surface area contributed by atoms with Gasteiger partial charge in [-0.25, -0.2) is 0 Å². The summed E-state index contributed by atoms with van der Waals surface area (Å²) in [5.41, 5.74) is 2.83. The Kier molecular flexibility index (Phi) is 9.02. The van der Waals surface area contributed by atoms with Gasteiger partial charge in [0.15, 0.2) is 0 Å². The smallest absolute Gasteiger partial charge is 0.230 e. The number of nitrogens with one attached hydrogen (secondary N) is 1. The first-order valence-corrected chi connectivity index (χ1v) is 14.2. The molecule has 0 radical (unpaired) electrons. The molecule has 6 heteroatoms. The minimum absolute atomic E-state index is 0.0887. The third-order valence-corrected chi connectivity index (χ3v) is 9.26. The Balaban J connectivity index is 1.69. The van der Waals surface area contributed by atoms with Crippen LogP contribution in [0.1, 0.15) is 83.9 Å². The molecule has 0 bridgehead atoms. The number of carbonyl (C=O) groups excluding carboxylic acids is 1. The van der Waals surface area contributed by atoms with E-state index in [0.717, 1.165) is 29.5 Å². The van der Waals surface area contributed by atoms with Crippen molar-refractivity contribution < 1.29 is 9.90 Å². The van der Waals surface area contributed by atoms with Crippen molar-refractivity contribution in [3.05, 3.63) is 53.3 Å². The van der Waals surface area contributed by atoms with E-state index in [1.165, 1.54) is 17.7 Å². The molecule has 3 rings (SSSR count). The topological polar surface area (TPSA) is 62.2 Å². The second-order valence-corrected chi connectivity index (χ2v) is 13.8. The largest absolute Gasteiger partial charge is 0.507 e. The van der Waals surface area contributed by atoms with E-state index < -0.39 is 0 Å². The standard InChI is InChI=1S/C28H40N2O2S2/c1-27(2,3)21-15-20(16-22(26(21)32)28(4,5)6)34-24-10-8-7-9-23(24)33-18-25(31)30-17-19-11-13-29-14-12-19/h11-16,23-24,32H,7-10,17-18H2,1-6H3,(H,30,31). The molecule has 186 valence electrons. The van der Waals surface area contributed by atoms with Gasteiger partial charge in [0, 0.05) is 45.5 Å². The maximum atomic E-state index is 12.5. The molecule has 0 saturated heterocycles. The van der Waals surface area contributed by atoms with E-state index >= 15 is 0 Å². The summed E-state index contributed by atoms with van der Waals surface area (Å²) in [6.45, 7) is 13.5. The molecular weight excluding hydrogens is 460 g/mol. The first-order chi connectivity index (χ1) is 15.9. The summed E-state index contributed by atoms with van der Waals surface area (Å²) in [4.78, 5) is 17.7. The van der Waals surface area contributed by atoms with Crippen molar-refractivity contribution in [3.63, 3.8) is 0 Å². The molecule has 2 N–H and O–H groups in total. The van der Waals surface area contributed by atoms with Crippen molar-refractivity contribution in [1.29, 1.82) is 0 Å². The van der Waals surface area contributed by atoms with Gasteiger partial charge in [0.1, 0.15) is 5.75 Å². The average Bonchev–Trinajstić information content (AvgIpc) is 2.77. The number of phenolic OH excluding ortho intramolecular Hbond substituents is 1. The fourth-order valence-corrected chi connectivity index (χ4v) is 7.17. The van der Waals surface area contributed by atoms with Crippen LogP contribution in [0.4, 0.5) is 0 Å². The minimum atomic E-state index is -0.131. The maximum absolute atomic E-state index is 12.5. The summed E-state index contributed by atoms with van der Waals surface area (Å²) in [7, 11) is 0. The zero-order chi connectivity index (χ0) is 24.9. The molecule has 2 atom stereocenters. The zero-order valence-electron chi connectivity index (χ0n) is 21.5. The molecule has 0 spiro atoms. The van der Waals surface area contributed by atoms with Gasteiger partial charge in [-0.2, -0.15) is 0 Å². The maximum Gasteiger partial charge on any atom is 0.230 e. The Morgan fingerprint density at radius 1 is 1.00 bits per heavy atom. The Morgan fingerprint density at radius 2 is 1.56 bits per heavy atom. The number of phenols is 1. The van der Waals surface area contributed by atoms with Crippen molar-refractivity contribution in [2.75, 3.05) is 5.75 Å². The van der Waals surface area contributed by atoms with E-state index in [1.54, 1.807) is 24.2 Å². The summed E-state index contributed by atoms with van der Waals surface area (Å²) < 4.78 is 0. The van der Waals surface area contributed by atoms with E-state index in [4.69, 9.17) is 0 Å². The number of nitrogens with zero attached hydrogens (tertiary/aromatic N) is 1. The Hall–Kier alpha value is -1.66. The number of rotatable bonds is 7. The lowest BCUT2D eigenvalue weighted by Gasteiger charge is -2.32. The van der Waals surface area contributed by atoms with Crippen LogP contribution in [0, 0.1) is 0 Å². The number of pyridine rings is 1. The number of thioether (sulfide) groups is 2. The lowest BCUT2D eigenvalue weighted by Crippen LogP contribution is -2.29. The number of hydrogen-bond acceptors (Lipinski definition) is 5. The van der Waals surface area contributed by atoms with Crippen molar-refractivity contribution in [2.24, 2.45) is 0 Å². The highest BCUT2D eigenvalue weighted by Gasteiger charge is 2.30. The highest BCUT2D eigenvalue weighted by atomic mass is 32.2. The molecular formula is C28H40N2O2S2. The van der Waals surface area contributed by atoms with Gasteiger partial charge in [-0.05, 0) is 53.5 Å². The summed E-state index contributed by atoms with van der Waals surface area (Å²) in [6, 6.07) is 8.23. The molecule has 1 saturated carbocycles. The molecule has 0 aliphatic heterocycles. The number of hydrogen-bond donors (Lipinski definition) is 2. The van der Waals surface area contributed by atoms with E-state index in [-0.39, 0.29) is 16.7 Å². The summed E-state index contributed by atoms with van der Waals surface area (Å²) in [5, 5.41) is 15.0. The van der Waals surface area contributed by atoms with Crippen LogP contribution in [-0.4, -0.2) is 32.3 Å². The summed E-state index contributed by atoms with van der Waals surface area (Å²) in [5.74, 6) is 1.01. The van der Waals surface area contributed by atoms with Crippen LogP contribution in [0.2, 0.25) is 0 Å². The number of aromatic nitrogens is 1. The Labute approximate surface area is 214 Å². The predicted molar refractivity (Wildman–Crippen MR) is 146 cm³/mol. The average molecular weight is 501 g/mol. The van der Waals surface area contributed by atoms with Crippen molar-refractivity contribution in [3.8, 4) is 5.75 Å². The van der Waals surface area contributed by atoms with Crippen molar-refractivity contribution in [2.45, 2.75) is 100.0 Å². The first-order valence-electron chi connectivity index (χ1n) is 12.3. The number of carbonyl (C=O) groups is 1. The fourth-order valence-electron chi connectivity index (χ4n) is 4.32. The van der Waals surface area contributed by atoms with Gasteiger partial charge in [-0.15, -0.1) is 23.5 Å². The number of amides is 1. The minimum Gasteiger partial charge on any atom is -0.507 e. The molecule has 1 amide bonds. The van der Waals surface area contributed by atoms with Gasteiger partial charge >= 0.3 is 0 Å². The highest BCUT2D eigenvalue weighted by Crippen LogP contribution is 2.45. The van der Waals surface area contributed by atoms with E-state index in [0.29, 0.717) is 28.5 Å². The SMILES string of the molecule is CC(C)(C)c1cc(SC2CCCCC2SCC(=O)NCc2ccncc2)cc(C(C)(C)C)c1O. The van der Waals surface area contributed by atoms with Crippen LogP contribution >= 0.6 is 23.5 Å². The lowest BCUT2D eigenvalue weighted by atomic mass is 9.79. The van der Waals surface area contributed by atoms with Crippen molar-refractivity contribution >= 4 is 29.4 Å². The molecule has 1 aromatic heterocycles. The quantitative estimate of drug-likeness (QED) is 0.436. The fraction of sp³-hybridized carbons (Fsp3) is 0.571. The van der Waals surface area contributed by atoms with Crippen LogP contribution in [0.15, 0.2) is 41.6 Å². The molecule has 1 aliphatic carbocycles. The molecule has 1 heterocycles. The molecule has 34 heavy (non-hydrogen) atoms. The molecule has 2 aromatic rings. The first kappa shape index (κ1) is 26.9. The normalized spacial score (nSPS) is 19.1. The van der Waals surface area contributed by atoms with Crippen molar-refractivity contribution in [1.82, 2.24) is 10.3 Å². The van der Waals surface area contributed by atoms with E-state index in [9.17, 15) is 9.90 Å². The van der Waals surface area contributed by atoms with Crippen LogP contribution < -0.4 is 5.32 Å². The van der Waals surface area contributed by atoms with Gasteiger partial charge in [-0.1, -0.05) is 54.4 Å². The number of benzene rings is 1. The molecule has 1 fully saturated rings. The third kappa shape index (κ3) is 7.42. The Bertz CT molecular complexity index is 930. The summed E-state index contributed by atoms with van der Waals surface area (Å²) >= 11 is 3.73. The molecule has 1 aromatic carbocycles.